The molecule has 4 nitrogen and oxygen atoms in total. The number of ether oxygens (including phenoxy) is 1. The van der Waals surface area contributed by atoms with E-state index in [2.05, 4.69) is 30.3 Å². The Hall–Kier alpha value is -0.553. The van der Waals surface area contributed by atoms with E-state index in [0.29, 0.717) is 6.61 Å². The van der Waals surface area contributed by atoms with Gasteiger partial charge in [0.2, 0.25) is 0 Å². The summed E-state index contributed by atoms with van der Waals surface area (Å²) >= 11 is 0. The Labute approximate surface area is 106 Å². The molecule has 1 aliphatic rings. The molecule has 1 saturated heterocycles. The van der Waals surface area contributed by atoms with E-state index in [1.54, 1.807) is 0 Å². The number of amides is 2. The highest BCUT2D eigenvalue weighted by Crippen LogP contribution is 2.10. The molecule has 0 saturated carbocycles. The average Bonchev–Trinajstić information content (AvgIpc) is 2.25. The Balaban J connectivity index is 2.04. The first-order valence-corrected chi connectivity index (χ1v) is 10.3. The molecule has 1 atom stereocenters. The highest BCUT2D eigenvalue weighted by molar-refractivity contribution is 6.76. The number of hydrogen-bond donors (Lipinski definition) is 2. The molecule has 5 heteroatoms. The quantitative estimate of drug-likeness (QED) is 0.587. The van der Waals surface area contributed by atoms with Crippen LogP contribution < -0.4 is 10.6 Å². The first kappa shape index (κ1) is 14.5. The van der Waals surface area contributed by atoms with Crippen LogP contribution in [0.15, 0.2) is 0 Å². The minimum absolute atomic E-state index is 0.0453. The van der Waals surface area contributed by atoms with Crippen molar-refractivity contribution < 1.29 is 9.53 Å². The van der Waals surface area contributed by atoms with E-state index in [-0.39, 0.29) is 12.1 Å². The molecule has 2 N–H and O–H groups in total. The molecular formula is C12H26N2O2Si. The molecule has 1 unspecified atom stereocenters. The Bertz CT molecular complexity index is 235. The van der Waals surface area contributed by atoms with Gasteiger partial charge in [0, 0.05) is 21.2 Å². The van der Waals surface area contributed by atoms with Gasteiger partial charge in [-0.25, -0.2) is 4.79 Å². The number of urea groups is 1. The molecule has 0 aliphatic carbocycles. The fraction of sp³-hybridized carbons (Fsp3) is 0.917. The zero-order valence-corrected chi connectivity index (χ0v) is 12.3. The molecule has 0 bridgehead atoms. The van der Waals surface area contributed by atoms with E-state index in [9.17, 15) is 4.79 Å². The van der Waals surface area contributed by atoms with Crippen molar-refractivity contribution in [1.82, 2.24) is 10.6 Å². The molecule has 17 heavy (non-hydrogen) atoms. The Kier molecular flexibility index (Phi) is 5.98. The molecule has 0 aromatic heterocycles. The lowest BCUT2D eigenvalue weighted by Crippen LogP contribution is -2.46. The summed E-state index contributed by atoms with van der Waals surface area (Å²) in [5.74, 6) is 0. The lowest BCUT2D eigenvalue weighted by Gasteiger charge is -2.23. The van der Waals surface area contributed by atoms with E-state index in [4.69, 9.17) is 4.74 Å². The van der Waals surface area contributed by atoms with Crippen molar-refractivity contribution in [2.75, 3.05) is 19.8 Å². The number of rotatable bonds is 5. The molecule has 100 valence electrons. The molecule has 1 fully saturated rings. The van der Waals surface area contributed by atoms with Crippen LogP contribution in [0.2, 0.25) is 25.7 Å². The van der Waals surface area contributed by atoms with E-state index in [1.807, 2.05) is 0 Å². The summed E-state index contributed by atoms with van der Waals surface area (Å²) in [6, 6.07) is 1.41. The van der Waals surface area contributed by atoms with Gasteiger partial charge in [-0.15, -0.1) is 0 Å². The van der Waals surface area contributed by atoms with Gasteiger partial charge in [0.1, 0.15) is 0 Å². The van der Waals surface area contributed by atoms with Gasteiger partial charge in [0.25, 0.3) is 0 Å². The maximum absolute atomic E-state index is 11.6. The van der Waals surface area contributed by atoms with Crippen molar-refractivity contribution in [3.8, 4) is 0 Å². The first-order chi connectivity index (χ1) is 7.97. The predicted molar refractivity (Wildman–Crippen MR) is 73.1 cm³/mol. The maximum atomic E-state index is 11.6. The summed E-state index contributed by atoms with van der Waals surface area (Å²) in [7, 11) is -0.963. The normalized spacial score (nSPS) is 21.0. The minimum Gasteiger partial charge on any atom is -0.379 e. The minimum atomic E-state index is -0.963. The van der Waals surface area contributed by atoms with Crippen molar-refractivity contribution >= 4 is 14.1 Å². The van der Waals surface area contributed by atoms with Gasteiger partial charge in [-0.1, -0.05) is 25.7 Å². The third-order valence-electron chi connectivity index (χ3n) is 2.88. The van der Waals surface area contributed by atoms with Crippen LogP contribution in [0.4, 0.5) is 4.79 Å². The highest BCUT2D eigenvalue weighted by Gasteiger charge is 2.16. The summed E-state index contributed by atoms with van der Waals surface area (Å²) < 4.78 is 5.32. The molecule has 2 amide bonds. The summed E-state index contributed by atoms with van der Waals surface area (Å²) in [6.07, 6.45) is 3.16. The van der Waals surface area contributed by atoms with Gasteiger partial charge in [0.05, 0.1) is 12.6 Å². The second kappa shape index (κ2) is 7.01. The summed E-state index contributed by atoms with van der Waals surface area (Å²) in [6.45, 7) is 9.33. The highest BCUT2D eigenvalue weighted by atomic mass is 28.3. The smallest absolute Gasteiger partial charge is 0.315 e. The molecular weight excluding hydrogens is 232 g/mol. The van der Waals surface area contributed by atoms with Crippen LogP contribution >= 0.6 is 0 Å². The number of carbonyl (C=O) groups is 1. The van der Waals surface area contributed by atoms with Crippen LogP contribution in [0.25, 0.3) is 0 Å². The van der Waals surface area contributed by atoms with E-state index in [0.717, 1.165) is 32.4 Å². The number of carbonyl (C=O) groups excluding carboxylic acids is 1. The van der Waals surface area contributed by atoms with Crippen molar-refractivity contribution in [2.24, 2.45) is 0 Å². The third kappa shape index (κ3) is 7.39. The van der Waals surface area contributed by atoms with Crippen LogP contribution in [0.1, 0.15) is 19.3 Å². The fourth-order valence-corrected chi connectivity index (χ4v) is 3.15. The summed E-state index contributed by atoms with van der Waals surface area (Å²) in [4.78, 5) is 11.6. The topological polar surface area (TPSA) is 50.4 Å². The lowest BCUT2D eigenvalue weighted by molar-refractivity contribution is 0.0732. The third-order valence-corrected chi connectivity index (χ3v) is 4.74. The number of hydrogen-bond acceptors (Lipinski definition) is 2. The Morgan fingerprint density at radius 3 is 2.76 bits per heavy atom. The van der Waals surface area contributed by atoms with Crippen molar-refractivity contribution in [3.63, 3.8) is 0 Å². The SMILES string of the molecule is C[Si](C)(C)CCCNC(=O)NC1CCCOC1. The Morgan fingerprint density at radius 1 is 1.41 bits per heavy atom. The van der Waals surface area contributed by atoms with Gasteiger partial charge in [-0.2, -0.15) is 0 Å². The zero-order valence-electron chi connectivity index (χ0n) is 11.3. The van der Waals surface area contributed by atoms with Crippen molar-refractivity contribution in [2.45, 2.75) is 51.0 Å². The lowest BCUT2D eigenvalue weighted by atomic mass is 10.1. The maximum Gasteiger partial charge on any atom is 0.315 e. The largest absolute Gasteiger partial charge is 0.379 e. The predicted octanol–water partition coefficient (Wildman–Crippen LogP) is 2.19. The molecule has 1 heterocycles. The summed E-state index contributed by atoms with van der Waals surface area (Å²) in [5, 5.41) is 5.87. The second-order valence-electron chi connectivity index (χ2n) is 5.98. The van der Waals surface area contributed by atoms with Gasteiger partial charge in [-0.05, 0) is 19.3 Å². The van der Waals surface area contributed by atoms with Crippen LogP contribution in [-0.2, 0) is 4.74 Å². The van der Waals surface area contributed by atoms with Gasteiger partial charge in [0.15, 0.2) is 0 Å². The van der Waals surface area contributed by atoms with E-state index in [1.165, 1.54) is 6.04 Å². The van der Waals surface area contributed by atoms with Gasteiger partial charge < -0.3 is 15.4 Å². The molecule has 0 aromatic carbocycles. The first-order valence-electron chi connectivity index (χ1n) is 6.59. The zero-order chi connectivity index (χ0) is 12.7. The van der Waals surface area contributed by atoms with Crippen LogP contribution in [0, 0.1) is 0 Å². The molecule has 0 spiro atoms. The summed E-state index contributed by atoms with van der Waals surface area (Å²) in [5.41, 5.74) is 0. The monoisotopic (exact) mass is 258 g/mol. The standard InChI is InChI=1S/C12H26N2O2Si/c1-17(2,3)9-5-7-13-12(15)14-11-6-4-8-16-10-11/h11H,4-10H2,1-3H3,(H2,13,14,15). The molecule has 1 aliphatic heterocycles. The molecule has 1 rings (SSSR count). The Morgan fingerprint density at radius 2 is 2.18 bits per heavy atom. The van der Waals surface area contributed by atoms with Crippen LogP contribution in [0.5, 0.6) is 0 Å². The van der Waals surface area contributed by atoms with Gasteiger partial charge >= 0.3 is 6.03 Å². The molecule has 0 aromatic rings. The van der Waals surface area contributed by atoms with Crippen LogP contribution in [0.3, 0.4) is 0 Å². The second-order valence-corrected chi connectivity index (χ2v) is 11.6. The average molecular weight is 258 g/mol. The van der Waals surface area contributed by atoms with E-state index >= 15 is 0 Å². The fourth-order valence-electron chi connectivity index (χ4n) is 1.91. The van der Waals surface area contributed by atoms with Crippen molar-refractivity contribution in [3.05, 3.63) is 0 Å². The van der Waals surface area contributed by atoms with E-state index < -0.39 is 8.07 Å². The van der Waals surface area contributed by atoms with Crippen molar-refractivity contribution in [1.29, 1.82) is 0 Å². The number of nitrogens with one attached hydrogen (secondary N) is 2. The van der Waals surface area contributed by atoms with Crippen LogP contribution in [-0.4, -0.2) is 39.9 Å². The van der Waals surface area contributed by atoms with Gasteiger partial charge in [-0.3, -0.25) is 0 Å². The molecule has 0 radical (unpaired) electrons.